The minimum absolute atomic E-state index is 0.497. The van der Waals surface area contributed by atoms with E-state index in [1.54, 1.807) is 20.3 Å². The maximum Gasteiger partial charge on any atom is 0.220 e. The largest absolute Gasteiger partial charge is 0.481 e. The molecule has 0 saturated carbocycles. The Labute approximate surface area is 140 Å². The molecule has 1 aliphatic rings. The van der Waals surface area contributed by atoms with Gasteiger partial charge in [0.05, 0.1) is 20.3 Å². The Kier molecular flexibility index (Phi) is 5.19. The summed E-state index contributed by atoms with van der Waals surface area (Å²) in [5.41, 5.74) is 1.25. The highest BCUT2D eigenvalue weighted by atomic mass is 32.2. The van der Waals surface area contributed by atoms with E-state index in [0.717, 1.165) is 31.1 Å². The van der Waals surface area contributed by atoms with E-state index in [2.05, 4.69) is 44.5 Å². The molecule has 1 aromatic heterocycles. The van der Waals surface area contributed by atoms with E-state index >= 15 is 0 Å². The zero-order valence-electron chi connectivity index (χ0n) is 13.3. The molecule has 0 spiro atoms. The predicted molar refractivity (Wildman–Crippen MR) is 90.8 cm³/mol. The first-order chi connectivity index (χ1) is 11.3. The molecule has 122 valence electrons. The molecule has 23 heavy (non-hydrogen) atoms. The van der Waals surface area contributed by atoms with Crippen molar-refractivity contribution in [3.63, 3.8) is 0 Å². The summed E-state index contributed by atoms with van der Waals surface area (Å²) in [5, 5.41) is 3.97. The zero-order chi connectivity index (χ0) is 16.1. The molecule has 0 unspecified atom stereocenters. The highest BCUT2D eigenvalue weighted by molar-refractivity contribution is 7.99. The van der Waals surface area contributed by atoms with E-state index < -0.39 is 0 Å². The molecule has 1 N–H and O–H groups in total. The number of hydrogen-bond acceptors (Lipinski definition) is 7. The van der Waals surface area contributed by atoms with Gasteiger partial charge in [0.2, 0.25) is 11.8 Å². The predicted octanol–water partition coefficient (Wildman–Crippen LogP) is 2.05. The van der Waals surface area contributed by atoms with Gasteiger partial charge in [-0.15, -0.1) is 0 Å². The molecular weight excluding hydrogens is 312 g/mol. The molecule has 0 aliphatic carbocycles. The van der Waals surface area contributed by atoms with Crippen LogP contribution in [0.15, 0.2) is 40.4 Å². The zero-order valence-corrected chi connectivity index (χ0v) is 14.1. The minimum atomic E-state index is 0.497. The molecule has 1 saturated heterocycles. The van der Waals surface area contributed by atoms with Crippen LogP contribution in [0.25, 0.3) is 0 Å². The number of nitrogens with one attached hydrogen (secondary N) is 1. The molecule has 0 amide bonds. The summed E-state index contributed by atoms with van der Waals surface area (Å²) >= 11 is 1.49. The van der Waals surface area contributed by atoms with Gasteiger partial charge >= 0.3 is 0 Å². The molecule has 1 aliphatic heterocycles. The normalized spacial score (nSPS) is 14.6. The van der Waals surface area contributed by atoms with Crippen LogP contribution in [0.4, 0.5) is 5.69 Å². The van der Waals surface area contributed by atoms with Gasteiger partial charge < -0.3 is 19.7 Å². The summed E-state index contributed by atoms with van der Waals surface area (Å²) in [6.07, 6.45) is 0. The molecule has 3 rings (SSSR count). The van der Waals surface area contributed by atoms with Gasteiger partial charge in [0.25, 0.3) is 0 Å². The molecule has 2 aromatic rings. The van der Waals surface area contributed by atoms with Crippen molar-refractivity contribution < 1.29 is 9.47 Å². The first kappa shape index (κ1) is 15.9. The Bertz CT molecular complexity index is 623. The lowest BCUT2D eigenvalue weighted by molar-refractivity contribution is 0.364. The smallest absolute Gasteiger partial charge is 0.220 e. The first-order valence-corrected chi connectivity index (χ1v) is 8.31. The van der Waals surface area contributed by atoms with Crippen LogP contribution in [0.3, 0.4) is 0 Å². The van der Waals surface area contributed by atoms with Crippen LogP contribution < -0.4 is 19.7 Å². The third-order valence-electron chi connectivity index (χ3n) is 3.60. The third-order valence-corrected chi connectivity index (χ3v) is 4.48. The van der Waals surface area contributed by atoms with Crippen molar-refractivity contribution >= 4 is 17.4 Å². The van der Waals surface area contributed by atoms with Gasteiger partial charge in [-0.3, -0.25) is 0 Å². The summed E-state index contributed by atoms with van der Waals surface area (Å²) in [7, 11) is 3.16. The Morgan fingerprint density at radius 1 is 1.00 bits per heavy atom. The highest BCUT2D eigenvalue weighted by Gasteiger charge is 2.11. The number of benzene rings is 1. The molecule has 6 nitrogen and oxygen atoms in total. The minimum Gasteiger partial charge on any atom is -0.481 e. The van der Waals surface area contributed by atoms with Crippen molar-refractivity contribution in [3.8, 4) is 11.8 Å². The second kappa shape index (κ2) is 7.52. The molecule has 1 aromatic carbocycles. The number of rotatable bonds is 5. The average molecular weight is 332 g/mol. The van der Waals surface area contributed by atoms with Crippen molar-refractivity contribution in [3.05, 3.63) is 30.3 Å². The van der Waals surface area contributed by atoms with E-state index in [9.17, 15) is 0 Å². The molecule has 0 bridgehead atoms. The molecule has 7 heteroatoms. The van der Waals surface area contributed by atoms with E-state index in [1.165, 1.54) is 17.4 Å². The van der Waals surface area contributed by atoms with Crippen molar-refractivity contribution in [2.45, 2.75) is 10.1 Å². The Hall–Kier alpha value is -1.99. The number of ether oxygens (including phenoxy) is 2. The standard InChI is InChI=1S/C16H20N4O2S/c1-21-14-11-15(22-2)19-16(18-14)23-13-5-3-12(4-6-13)20-9-7-17-8-10-20/h3-6,11,17H,7-10H2,1-2H3. The summed E-state index contributed by atoms with van der Waals surface area (Å²) in [6.45, 7) is 4.16. The monoisotopic (exact) mass is 332 g/mol. The lowest BCUT2D eigenvalue weighted by Crippen LogP contribution is -2.43. The highest BCUT2D eigenvalue weighted by Crippen LogP contribution is 2.29. The van der Waals surface area contributed by atoms with Gasteiger partial charge in [-0.2, -0.15) is 9.97 Å². The van der Waals surface area contributed by atoms with Gasteiger partial charge in [0.1, 0.15) is 0 Å². The number of methoxy groups -OCH3 is 2. The van der Waals surface area contributed by atoms with Crippen molar-refractivity contribution in [1.82, 2.24) is 15.3 Å². The number of aromatic nitrogens is 2. The van der Waals surface area contributed by atoms with Gasteiger partial charge in [-0.05, 0) is 36.0 Å². The van der Waals surface area contributed by atoms with E-state index in [1.807, 2.05) is 0 Å². The van der Waals surface area contributed by atoms with Crippen LogP contribution in [0.5, 0.6) is 11.8 Å². The molecule has 0 atom stereocenters. The molecule has 0 radical (unpaired) electrons. The Morgan fingerprint density at radius 2 is 1.61 bits per heavy atom. The fourth-order valence-electron chi connectivity index (χ4n) is 2.39. The summed E-state index contributed by atoms with van der Waals surface area (Å²) in [5.74, 6) is 0.994. The van der Waals surface area contributed by atoms with Gasteiger partial charge in [0.15, 0.2) is 5.16 Å². The number of hydrogen-bond donors (Lipinski definition) is 1. The SMILES string of the molecule is COc1cc(OC)nc(Sc2ccc(N3CCNCC3)cc2)n1. The third kappa shape index (κ3) is 4.05. The lowest BCUT2D eigenvalue weighted by Gasteiger charge is -2.29. The quantitative estimate of drug-likeness (QED) is 0.841. The van der Waals surface area contributed by atoms with Crippen LogP contribution in [-0.2, 0) is 0 Å². The van der Waals surface area contributed by atoms with Crippen molar-refractivity contribution in [2.24, 2.45) is 0 Å². The maximum atomic E-state index is 5.18. The van der Waals surface area contributed by atoms with E-state index in [0.29, 0.717) is 16.9 Å². The van der Waals surface area contributed by atoms with Gasteiger partial charge in [-0.25, -0.2) is 0 Å². The average Bonchev–Trinajstić information content (AvgIpc) is 2.62. The van der Waals surface area contributed by atoms with Crippen LogP contribution >= 0.6 is 11.8 Å². The maximum absolute atomic E-state index is 5.18. The Morgan fingerprint density at radius 3 is 2.17 bits per heavy atom. The van der Waals surface area contributed by atoms with Gasteiger partial charge in [-0.1, -0.05) is 0 Å². The Balaban J connectivity index is 1.72. The van der Waals surface area contributed by atoms with Crippen LogP contribution in [0.1, 0.15) is 0 Å². The first-order valence-electron chi connectivity index (χ1n) is 7.49. The fraction of sp³-hybridized carbons (Fsp3) is 0.375. The van der Waals surface area contributed by atoms with Crippen LogP contribution in [-0.4, -0.2) is 50.4 Å². The topological polar surface area (TPSA) is 59.5 Å². The molecule has 2 heterocycles. The summed E-state index contributed by atoms with van der Waals surface area (Å²) in [6, 6.07) is 10.1. The fourth-order valence-corrected chi connectivity index (χ4v) is 3.15. The number of piperazine rings is 1. The number of anilines is 1. The van der Waals surface area contributed by atoms with Gasteiger partial charge in [0, 0.05) is 36.8 Å². The summed E-state index contributed by atoms with van der Waals surface area (Å²) in [4.78, 5) is 12.1. The van der Waals surface area contributed by atoms with E-state index in [-0.39, 0.29) is 0 Å². The second-order valence-corrected chi connectivity index (χ2v) is 6.11. The lowest BCUT2D eigenvalue weighted by atomic mass is 10.2. The van der Waals surface area contributed by atoms with Crippen LogP contribution in [0.2, 0.25) is 0 Å². The van der Waals surface area contributed by atoms with Crippen molar-refractivity contribution in [1.29, 1.82) is 0 Å². The summed E-state index contributed by atoms with van der Waals surface area (Å²) < 4.78 is 10.4. The molecule has 1 fully saturated rings. The van der Waals surface area contributed by atoms with Crippen molar-refractivity contribution in [2.75, 3.05) is 45.3 Å². The van der Waals surface area contributed by atoms with Crippen LogP contribution in [0, 0.1) is 0 Å². The van der Waals surface area contributed by atoms with E-state index in [4.69, 9.17) is 9.47 Å². The number of nitrogens with zero attached hydrogens (tertiary/aromatic N) is 3. The molecular formula is C16H20N4O2S. The second-order valence-electron chi connectivity index (χ2n) is 5.07.